The minimum absolute atomic E-state index is 0.322. The Kier molecular flexibility index (Phi) is 6.15. The summed E-state index contributed by atoms with van der Waals surface area (Å²) in [5, 5.41) is 8.69. The SMILES string of the molecule is CCOC1CCCN(CCCCO)C1. The zero-order valence-electron chi connectivity index (χ0n) is 9.24. The molecule has 1 rings (SSSR count). The first-order chi connectivity index (χ1) is 6.86. The molecule has 0 spiro atoms. The van der Waals surface area contributed by atoms with Gasteiger partial charge in [-0.3, -0.25) is 0 Å². The van der Waals surface area contributed by atoms with E-state index in [1.54, 1.807) is 0 Å². The van der Waals surface area contributed by atoms with E-state index in [4.69, 9.17) is 9.84 Å². The number of unbranched alkanes of at least 4 members (excludes halogenated alkanes) is 1. The first-order valence-corrected chi connectivity index (χ1v) is 5.81. The van der Waals surface area contributed by atoms with Crippen molar-refractivity contribution in [3.05, 3.63) is 0 Å². The van der Waals surface area contributed by atoms with Crippen molar-refractivity contribution >= 4 is 0 Å². The number of ether oxygens (including phenoxy) is 1. The lowest BCUT2D eigenvalue weighted by atomic mass is 10.1. The van der Waals surface area contributed by atoms with Gasteiger partial charge in [-0.05, 0) is 45.7 Å². The second-order valence-electron chi connectivity index (χ2n) is 3.95. The van der Waals surface area contributed by atoms with Crippen molar-refractivity contribution in [2.24, 2.45) is 0 Å². The van der Waals surface area contributed by atoms with Crippen LogP contribution in [0.2, 0.25) is 0 Å². The normalized spacial score (nSPS) is 24.0. The lowest BCUT2D eigenvalue weighted by molar-refractivity contribution is 0.00537. The molecule has 1 atom stereocenters. The topological polar surface area (TPSA) is 32.7 Å². The quantitative estimate of drug-likeness (QED) is 0.657. The Hall–Kier alpha value is -0.120. The molecule has 1 N–H and O–H groups in total. The average Bonchev–Trinajstić information content (AvgIpc) is 2.19. The van der Waals surface area contributed by atoms with Crippen molar-refractivity contribution in [1.82, 2.24) is 4.90 Å². The van der Waals surface area contributed by atoms with E-state index in [0.717, 1.165) is 32.5 Å². The zero-order chi connectivity index (χ0) is 10.2. The minimum Gasteiger partial charge on any atom is -0.396 e. The maximum Gasteiger partial charge on any atom is 0.0702 e. The summed E-state index contributed by atoms with van der Waals surface area (Å²) in [5.41, 5.74) is 0. The van der Waals surface area contributed by atoms with Crippen LogP contribution in [-0.4, -0.2) is 49.0 Å². The molecule has 1 aliphatic rings. The molecule has 3 heteroatoms. The molecule has 0 aromatic rings. The van der Waals surface area contributed by atoms with Crippen LogP contribution in [0.4, 0.5) is 0 Å². The Bertz CT molecular complexity index is 139. The number of hydrogen-bond acceptors (Lipinski definition) is 3. The maximum atomic E-state index is 8.69. The number of likely N-dealkylation sites (tertiary alicyclic amines) is 1. The van der Waals surface area contributed by atoms with Crippen LogP contribution >= 0.6 is 0 Å². The first kappa shape index (κ1) is 12.0. The minimum atomic E-state index is 0.322. The van der Waals surface area contributed by atoms with E-state index in [1.165, 1.54) is 19.4 Å². The molecule has 0 aromatic heterocycles. The van der Waals surface area contributed by atoms with E-state index in [0.29, 0.717) is 12.7 Å². The van der Waals surface area contributed by atoms with Gasteiger partial charge in [-0.2, -0.15) is 0 Å². The highest BCUT2D eigenvalue weighted by Crippen LogP contribution is 2.13. The maximum absolute atomic E-state index is 8.69. The van der Waals surface area contributed by atoms with E-state index >= 15 is 0 Å². The summed E-state index contributed by atoms with van der Waals surface area (Å²) >= 11 is 0. The van der Waals surface area contributed by atoms with Gasteiger partial charge in [-0.15, -0.1) is 0 Å². The molecule has 0 aromatic carbocycles. The van der Waals surface area contributed by atoms with Gasteiger partial charge in [0.2, 0.25) is 0 Å². The van der Waals surface area contributed by atoms with Gasteiger partial charge in [0.1, 0.15) is 0 Å². The van der Waals surface area contributed by atoms with Crippen LogP contribution in [0.15, 0.2) is 0 Å². The number of rotatable bonds is 6. The molecule has 1 unspecified atom stereocenters. The molecule has 0 amide bonds. The molecule has 84 valence electrons. The highest BCUT2D eigenvalue weighted by Gasteiger charge is 2.18. The zero-order valence-corrected chi connectivity index (χ0v) is 9.24. The van der Waals surface area contributed by atoms with E-state index < -0.39 is 0 Å². The van der Waals surface area contributed by atoms with Crippen LogP contribution in [0.5, 0.6) is 0 Å². The van der Waals surface area contributed by atoms with Crippen LogP contribution in [0.3, 0.4) is 0 Å². The largest absolute Gasteiger partial charge is 0.396 e. The second kappa shape index (κ2) is 7.21. The Balaban J connectivity index is 2.12. The summed E-state index contributed by atoms with van der Waals surface area (Å²) in [4.78, 5) is 2.46. The van der Waals surface area contributed by atoms with E-state index in [2.05, 4.69) is 11.8 Å². The predicted octanol–water partition coefficient (Wildman–Crippen LogP) is 1.26. The fourth-order valence-corrected chi connectivity index (χ4v) is 2.04. The molecule has 3 nitrogen and oxygen atoms in total. The third-order valence-electron chi connectivity index (χ3n) is 2.75. The molecule has 0 bridgehead atoms. The molecule has 1 saturated heterocycles. The predicted molar refractivity (Wildman–Crippen MR) is 57.4 cm³/mol. The van der Waals surface area contributed by atoms with Crippen molar-refractivity contribution in [1.29, 1.82) is 0 Å². The number of piperidine rings is 1. The van der Waals surface area contributed by atoms with Gasteiger partial charge in [0.05, 0.1) is 6.10 Å². The van der Waals surface area contributed by atoms with E-state index in [-0.39, 0.29) is 0 Å². The summed E-state index contributed by atoms with van der Waals surface area (Å²) in [6, 6.07) is 0. The van der Waals surface area contributed by atoms with Gasteiger partial charge in [0.25, 0.3) is 0 Å². The van der Waals surface area contributed by atoms with Crippen molar-refractivity contribution in [2.75, 3.05) is 32.8 Å². The molecule has 0 radical (unpaired) electrons. The molecule has 1 heterocycles. The third kappa shape index (κ3) is 4.40. The van der Waals surface area contributed by atoms with E-state index in [9.17, 15) is 0 Å². The Morgan fingerprint density at radius 1 is 1.43 bits per heavy atom. The van der Waals surface area contributed by atoms with E-state index in [1.807, 2.05) is 0 Å². The summed E-state index contributed by atoms with van der Waals surface area (Å²) < 4.78 is 5.63. The Morgan fingerprint density at radius 3 is 3.00 bits per heavy atom. The number of hydrogen-bond donors (Lipinski definition) is 1. The van der Waals surface area contributed by atoms with Crippen molar-refractivity contribution in [3.8, 4) is 0 Å². The van der Waals surface area contributed by atoms with Crippen molar-refractivity contribution in [3.63, 3.8) is 0 Å². The molecule has 0 saturated carbocycles. The van der Waals surface area contributed by atoms with Crippen molar-refractivity contribution < 1.29 is 9.84 Å². The van der Waals surface area contributed by atoms with Gasteiger partial charge < -0.3 is 14.7 Å². The van der Waals surface area contributed by atoms with Crippen LogP contribution in [0.1, 0.15) is 32.6 Å². The molecule has 1 aliphatic heterocycles. The number of aliphatic hydroxyl groups excluding tert-OH is 1. The fourth-order valence-electron chi connectivity index (χ4n) is 2.04. The highest BCUT2D eigenvalue weighted by molar-refractivity contribution is 4.72. The Morgan fingerprint density at radius 2 is 2.29 bits per heavy atom. The molecule has 0 aliphatic carbocycles. The molecular weight excluding hydrogens is 178 g/mol. The van der Waals surface area contributed by atoms with Crippen LogP contribution in [-0.2, 0) is 4.74 Å². The highest BCUT2D eigenvalue weighted by atomic mass is 16.5. The summed E-state index contributed by atoms with van der Waals surface area (Å²) in [6.45, 7) is 6.61. The smallest absolute Gasteiger partial charge is 0.0702 e. The second-order valence-corrected chi connectivity index (χ2v) is 3.95. The summed E-state index contributed by atoms with van der Waals surface area (Å²) in [6.07, 6.45) is 4.95. The van der Waals surface area contributed by atoms with Gasteiger partial charge in [-0.1, -0.05) is 0 Å². The third-order valence-corrected chi connectivity index (χ3v) is 2.75. The molecule has 1 fully saturated rings. The van der Waals surface area contributed by atoms with Crippen LogP contribution < -0.4 is 0 Å². The molecule has 14 heavy (non-hydrogen) atoms. The van der Waals surface area contributed by atoms with Gasteiger partial charge in [0.15, 0.2) is 0 Å². The lowest BCUT2D eigenvalue weighted by Crippen LogP contribution is -2.40. The van der Waals surface area contributed by atoms with Gasteiger partial charge in [-0.25, -0.2) is 0 Å². The summed E-state index contributed by atoms with van der Waals surface area (Å²) in [5.74, 6) is 0. The standard InChI is InChI=1S/C11H23NO2/c1-2-14-11-6-5-8-12(10-11)7-3-4-9-13/h11,13H,2-10H2,1H3. The fraction of sp³-hybridized carbons (Fsp3) is 1.00. The average molecular weight is 201 g/mol. The first-order valence-electron chi connectivity index (χ1n) is 5.81. The van der Waals surface area contributed by atoms with Gasteiger partial charge in [0, 0.05) is 19.8 Å². The number of aliphatic hydroxyl groups is 1. The monoisotopic (exact) mass is 201 g/mol. The Labute approximate surface area is 87.1 Å². The summed E-state index contributed by atoms with van der Waals surface area (Å²) in [7, 11) is 0. The molecular formula is C11H23NO2. The van der Waals surface area contributed by atoms with Crippen molar-refractivity contribution in [2.45, 2.75) is 38.7 Å². The van der Waals surface area contributed by atoms with Crippen LogP contribution in [0, 0.1) is 0 Å². The lowest BCUT2D eigenvalue weighted by Gasteiger charge is -2.32. The van der Waals surface area contributed by atoms with Crippen LogP contribution in [0.25, 0.3) is 0 Å². The number of nitrogens with zero attached hydrogens (tertiary/aromatic N) is 1. The van der Waals surface area contributed by atoms with Gasteiger partial charge >= 0.3 is 0 Å².